The van der Waals surface area contributed by atoms with Crippen LogP contribution < -0.4 is 4.74 Å². The first kappa shape index (κ1) is 21.0. The predicted molar refractivity (Wildman–Crippen MR) is 120 cm³/mol. The van der Waals surface area contributed by atoms with Crippen LogP contribution in [-0.4, -0.2) is 17.5 Å². The number of carbonyl (C=O) groups is 1. The summed E-state index contributed by atoms with van der Waals surface area (Å²) >= 11 is 1.45. The van der Waals surface area contributed by atoms with Gasteiger partial charge >= 0.3 is 0 Å². The molecule has 0 bridgehead atoms. The molecule has 1 atom stereocenters. The van der Waals surface area contributed by atoms with Crippen molar-refractivity contribution < 1.29 is 9.53 Å². The van der Waals surface area contributed by atoms with Gasteiger partial charge in [0.25, 0.3) is 0 Å². The highest BCUT2D eigenvalue weighted by Gasteiger charge is 2.66. The van der Waals surface area contributed by atoms with Crippen LogP contribution in [0.5, 0.6) is 5.75 Å². The van der Waals surface area contributed by atoms with E-state index in [1.54, 1.807) is 0 Å². The molecule has 150 valence electrons. The first-order valence-corrected chi connectivity index (χ1v) is 11.1. The van der Waals surface area contributed by atoms with Gasteiger partial charge in [-0.15, -0.1) is 0 Å². The van der Waals surface area contributed by atoms with E-state index in [-0.39, 0.29) is 16.2 Å². The van der Waals surface area contributed by atoms with Crippen LogP contribution in [0.3, 0.4) is 0 Å². The van der Waals surface area contributed by atoms with E-state index < -0.39 is 0 Å². The van der Waals surface area contributed by atoms with E-state index in [0.29, 0.717) is 17.5 Å². The molecule has 0 amide bonds. The van der Waals surface area contributed by atoms with Gasteiger partial charge in [0, 0.05) is 16.7 Å². The van der Waals surface area contributed by atoms with Gasteiger partial charge in [-0.3, -0.25) is 4.79 Å². The summed E-state index contributed by atoms with van der Waals surface area (Å²) < 4.78 is 6.05. The Morgan fingerprint density at radius 1 is 1.04 bits per heavy atom. The first-order valence-electron chi connectivity index (χ1n) is 10.1. The summed E-state index contributed by atoms with van der Waals surface area (Å²) in [6.07, 6.45) is 1.96. The highest BCUT2D eigenvalue weighted by molar-refractivity contribution is 8.13. The fraction of sp³-hybridized carbons (Fsp3) is 0.480. The van der Waals surface area contributed by atoms with Crippen LogP contribution in [0, 0.1) is 16.2 Å². The van der Waals surface area contributed by atoms with E-state index in [1.165, 1.54) is 11.8 Å². The van der Waals surface area contributed by atoms with E-state index in [0.717, 1.165) is 29.7 Å². The second-order valence-electron chi connectivity index (χ2n) is 9.73. The summed E-state index contributed by atoms with van der Waals surface area (Å²) in [5, 5.41) is 0.340. The van der Waals surface area contributed by atoms with Crippen LogP contribution >= 0.6 is 11.8 Å². The Morgan fingerprint density at radius 2 is 1.64 bits per heavy atom. The lowest BCUT2D eigenvalue weighted by Crippen LogP contribution is -2.25. The van der Waals surface area contributed by atoms with Gasteiger partial charge in [-0.25, -0.2) is 0 Å². The predicted octanol–water partition coefficient (Wildman–Crippen LogP) is 6.84. The van der Waals surface area contributed by atoms with Crippen molar-refractivity contribution in [2.24, 2.45) is 16.2 Å². The molecule has 0 heterocycles. The molecular weight excluding hydrogens is 364 g/mol. The molecule has 2 nitrogen and oxygen atoms in total. The number of rotatable bonds is 7. The maximum atomic E-state index is 13.0. The zero-order chi connectivity index (χ0) is 20.4. The number of thioether (sulfide) groups is 1. The molecule has 0 radical (unpaired) electrons. The third-order valence-corrected chi connectivity index (χ3v) is 6.71. The molecule has 28 heavy (non-hydrogen) atoms. The van der Waals surface area contributed by atoms with Crippen molar-refractivity contribution in [2.45, 2.75) is 47.5 Å². The molecule has 0 spiro atoms. The molecule has 3 heteroatoms. The highest BCUT2D eigenvalue weighted by Crippen LogP contribution is 2.69. The van der Waals surface area contributed by atoms with Gasteiger partial charge in [0.05, 0.1) is 6.61 Å². The first-order chi connectivity index (χ1) is 13.1. The minimum atomic E-state index is -0.169. The second-order valence-corrected chi connectivity index (χ2v) is 10.8. The topological polar surface area (TPSA) is 26.3 Å². The molecular formula is C25H32O2S. The van der Waals surface area contributed by atoms with E-state index in [1.807, 2.05) is 36.4 Å². The Morgan fingerprint density at radius 3 is 2.25 bits per heavy atom. The Bertz CT molecular complexity index is 820. The molecule has 0 aromatic heterocycles. The minimum absolute atomic E-state index is 0.116. The van der Waals surface area contributed by atoms with Crippen molar-refractivity contribution in [3.63, 3.8) is 0 Å². The van der Waals surface area contributed by atoms with Crippen molar-refractivity contribution in [1.29, 1.82) is 0 Å². The molecule has 2 aromatic carbocycles. The third-order valence-electron chi connectivity index (χ3n) is 5.68. The van der Waals surface area contributed by atoms with Crippen LogP contribution in [0.2, 0.25) is 0 Å². The van der Waals surface area contributed by atoms with Crippen LogP contribution in [0.1, 0.15) is 47.5 Å². The maximum Gasteiger partial charge on any atom is 0.195 e. The summed E-state index contributed by atoms with van der Waals surface area (Å²) in [5.74, 6) is 1.56. The summed E-state index contributed by atoms with van der Waals surface area (Å²) in [4.78, 5) is 13.0. The Labute approximate surface area is 174 Å². The fourth-order valence-corrected chi connectivity index (χ4v) is 5.26. The number of hydrogen-bond acceptors (Lipinski definition) is 3. The molecule has 0 N–H and O–H groups in total. The lowest BCUT2D eigenvalue weighted by atomic mass is 9.79. The molecule has 2 aromatic rings. The van der Waals surface area contributed by atoms with Gasteiger partial charge in [-0.2, -0.15) is 0 Å². The summed E-state index contributed by atoms with van der Waals surface area (Å²) in [6, 6.07) is 18.4. The SMILES string of the molecule is CC(C)(C)CC1(C(=O)SCCOc2ccccc2-c2ccccc2)CC1(C)C. The average molecular weight is 397 g/mol. The third kappa shape index (κ3) is 4.63. The van der Waals surface area contributed by atoms with Gasteiger partial charge in [-0.1, -0.05) is 94.9 Å². The van der Waals surface area contributed by atoms with Gasteiger partial charge in [0.1, 0.15) is 5.75 Å². The number of ether oxygens (including phenoxy) is 1. The smallest absolute Gasteiger partial charge is 0.195 e. The maximum absolute atomic E-state index is 13.0. The molecule has 1 aliphatic carbocycles. The standard InChI is InChI=1S/C25H32O2S/c1-23(2,3)17-25(18-24(25,4)5)22(26)28-16-15-27-21-14-10-9-13-20(21)19-11-7-6-8-12-19/h6-14H,15-18H2,1-5H3. The van der Waals surface area contributed by atoms with Crippen LogP contribution in [0.25, 0.3) is 11.1 Å². The van der Waals surface area contributed by atoms with E-state index >= 15 is 0 Å². The summed E-state index contributed by atoms with van der Waals surface area (Å²) in [7, 11) is 0. The average Bonchev–Trinajstić information content (AvgIpc) is 3.19. The zero-order valence-corrected chi connectivity index (χ0v) is 18.6. The number of para-hydroxylation sites is 1. The Hall–Kier alpha value is -1.74. The molecule has 0 saturated heterocycles. The van der Waals surface area contributed by atoms with Crippen molar-refractivity contribution in [3.8, 4) is 16.9 Å². The molecule has 1 aliphatic rings. The molecule has 1 saturated carbocycles. The highest BCUT2D eigenvalue weighted by atomic mass is 32.2. The van der Waals surface area contributed by atoms with Gasteiger partial charge in [-0.05, 0) is 35.3 Å². The lowest BCUT2D eigenvalue weighted by Gasteiger charge is -2.27. The van der Waals surface area contributed by atoms with Gasteiger partial charge in [0.2, 0.25) is 0 Å². The molecule has 0 aliphatic heterocycles. The number of carbonyl (C=O) groups excluding carboxylic acids is 1. The van der Waals surface area contributed by atoms with Gasteiger partial charge < -0.3 is 4.74 Å². The Kier molecular flexibility index (Phi) is 5.95. The zero-order valence-electron chi connectivity index (χ0n) is 17.7. The van der Waals surface area contributed by atoms with E-state index in [2.05, 4.69) is 52.8 Å². The van der Waals surface area contributed by atoms with Crippen molar-refractivity contribution in [1.82, 2.24) is 0 Å². The summed E-state index contributed by atoms with van der Waals surface area (Å²) in [5.41, 5.74) is 2.34. The van der Waals surface area contributed by atoms with Crippen molar-refractivity contribution >= 4 is 16.9 Å². The largest absolute Gasteiger partial charge is 0.492 e. The molecule has 3 rings (SSSR count). The summed E-state index contributed by atoms with van der Waals surface area (Å²) in [6.45, 7) is 11.7. The van der Waals surface area contributed by atoms with Crippen LogP contribution in [0.15, 0.2) is 54.6 Å². The fourth-order valence-electron chi connectivity index (χ4n) is 4.21. The minimum Gasteiger partial charge on any atom is -0.492 e. The van der Waals surface area contributed by atoms with Crippen molar-refractivity contribution in [2.75, 3.05) is 12.4 Å². The number of hydrogen-bond donors (Lipinski definition) is 0. The van der Waals surface area contributed by atoms with E-state index in [4.69, 9.17) is 4.74 Å². The van der Waals surface area contributed by atoms with E-state index in [9.17, 15) is 4.79 Å². The lowest BCUT2D eigenvalue weighted by molar-refractivity contribution is -0.117. The normalized spacial score (nSPS) is 20.6. The number of benzene rings is 2. The monoisotopic (exact) mass is 396 g/mol. The Balaban J connectivity index is 1.58. The molecule has 1 fully saturated rings. The van der Waals surface area contributed by atoms with Crippen molar-refractivity contribution in [3.05, 3.63) is 54.6 Å². The molecule has 1 unspecified atom stereocenters. The second kappa shape index (κ2) is 7.94. The quantitative estimate of drug-likeness (QED) is 0.479. The van der Waals surface area contributed by atoms with Gasteiger partial charge in [0.15, 0.2) is 5.12 Å². The van der Waals surface area contributed by atoms with Crippen LogP contribution in [0.4, 0.5) is 0 Å². The van der Waals surface area contributed by atoms with Crippen LogP contribution in [-0.2, 0) is 4.79 Å².